The van der Waals surface area contributed by atoms with Crippen LogP contribution >= 0.6 is 0 Å². The van der Waals surface area contributed by atoms with E-state index < -0.39 is 0 Å². The molecule has 1 amide bonds. The summed E-state index contributed by atoms with van der Waals surface area (Å²) in [6.45, 7) is 7.33. The van der Waals surface area contributed by atoms with E-state index in [9.17, 15) is 4.79 Å². The van der Waals surface area contributed by atoms with E-state index in [0.717, 1.165) is 43.9 Å². The maximum atomic E-state index is 12.3. The fraction of sp³-hybridized carbons (Fsp3) is 0.733. The van der Waals surface area contributed by atoms with Gasteiger partial charge in [0, 0.05) is 19.6 Å². The van der Waals surface area contributed by atoms with Gasteiger partial charge in [0.2, 0.25) is 0 Å². The van der Waals surface area contributed by atoms with Gasteiger partial charge in [0.15, 0.2) is 0 Å². The number of carbonyl (C=O) groups excluding carboxylic acids is 1. The fourth-order valence-electron chi connectivity index (χ4n) is 3.31. The number of nitrogens with zero attached hydrogens (tertiary/aromatic N) is 3. The molecule has 110 valence electrons. The lowest BCUT2D eigenvalue weighted by Crippen LogP contribution is -2.31. The quantitative estimate of drug-likeness (QED) is 0.901. The second kappa shape index (κ2) is 5.95. The van der Waals surface area contributed by atoms with Crippen molar-refractivity contribution in [1.82, 2.24) is 20.0 Å². The molecule has 0 radical (unpaired) electrons. The number of carbonyl (C=O) groups is 1. The molecule has 1 N–H and O–H groups in total. The van der Waals surface area contributed by atoms with Crippen LogP contribution in [0.25, 0.3) is 0 Å². The van der Waals surface area contributed by atoms with Gasteiger partial charge in [-0.3, -0.25) is 9.48 Å². The van der Waals surface area contributed by atoms with Gasteiger partial charge in [-0.1, -0.05) is 6.92 Å². The van der Waals surface area contributed by atoms with Crippen LogP contribution in [0.1, 0.15) is 42.2 Å². The zero-order chi connectivity index (χ0) is 13.9. The van der Waals surface area contributed by atoms with Gasteiger partial charge >= 0.3 is 0 Å². The van der Waals surface area contributed by atoms with Crippen molar-refractivity contribution in [2.24, 2.45) is 5.92 Å². The molecule has 1 unspecified atom stereocenters. The molecular weight excluding hydrogens is 252 g/mol. The molecule has 0 saturated carbocycles. The van der Waals surface area contributed by atoms with Crippen molar-refractivity contribution in [1.29, 1.82) is 0 Å². The number of rotatable bonds is 4. The molecular formula is C15H24N4O. The first-order valence-corrected chi connectivity index (χ1v) is 7.83. The molecule has 1 aromatic rings. The Morgan fingerprint density at radius 2 is 2.35 bits per heavy atom. The topological polar surface area (TPSA) is 50.2 Å². The number of likely N-dealkylation sites (tertiary alicyclic amines) is 1. The minimum atomic E-state index is 0.0584. The first-order valence-electron chi connectivity index (χ1n) is 7.83. The normalized spacial score (nSPS) is 22.8. The third-order valence-electron chi connectivity index (χ3n) is 4.60. The zero-order valence-corrected chi connectivity index (χ0v) is 12.3. The third kappa shape index (κ3) is 2.73. The first kappa shape index (κ1) is 13.6. The number of fused-ring (bicyclic) bond motifs is 1. The van der Waals surface area contributed by atoms with Gasteiger partial charge in [-0.05, 0) is 44.7 Å². The van der Waals surface area contributed by atoms with Crippen molar-refractivity contribution in [3.8, 4) is 0 Å². The van der Waals surface area contributed by atoms with Crippen LogP contribution in [0.15, 0.2) is 6.20 Å². The smallest absolute Gasteiger partial charge is 0.254 e. The lowest BCUT2D eigenvalue weighted by molar-refractivity contribution is 0.0946. The standard InChI is InChI=1S/C15H24N4O/c1-2-18-8-6-12(11-18)9-16-15(20)13-10-17-19-7-4-3-5-14(13)19/h10,12H,2-9,11H2,1H3,(H,16,20). The van der Waals surface area contributed by atoms with E-state index in [1.165, 1.54) is 25.8 Å². The Labute approximate surface area is 120 Å². The monoisotopic (exact) mass is 276 g/mol. The third-order valence-corrected chi connectivity index (χ3v) is 4.60. The Kier molecular flexibility index (Phi) is 4.05. The molecule has 0 aliphatic carbocycles. The number of nitrogens with one attached hydrogen (secondary N) is 1. The van der Waals surface area contributed by atoms with Gasteiger partial charge in [-0.2, -0.15) is 5.10 Å². The van der Waals surface area contributed by atoms with Crippen molar-refractivity contribution < 1.29 is 4.79 Å². The predicted octanol–water partition coefficient (Wildman–Crippen LogP) is 1.29. The summed E-state index contributed by atoms with van der Waals surface area (Å²) in [5, 5.41) is 7.43. The molecule has 20 heavy (non-hydrogen) atoms. The molecule has 2 aliphatic heterocycles. The van der Waals surface area contributed by atoms with Crippen molar-refractivity contribution >= 4 is 5.91 Å². The Morgan fingerprint density at radius 3 is 3.15 bits per heavy atom. The largest absolute Gasteiger partial charge is 0.352 e. The highest BCUT2D eigenvalue weighted by atomic mass is 16.1. The van der Waals surface area contributed by atoms with E-state index >= 15 is 0 Å². The van der Waals surface area contributed by atoms with Crippen LogP contribution in [0.2, 0.25) is 0 Å². The molecule has 3 rings (SSSR count). The van der Waals surface area contributed by atoms with Crippen LogP contribution in [-0.4, -0.2) is 46.8 Å². The summed E-state index contributed by atoms with van der Waals surface area (Å²) >= 11 is 0. The van der Waals surface area contributed by atoms with Gasteiger partial charge in [0.1, 0.15) is 0 Å². The average molecular weight is 276 g/mol. The van der Waals surface area contributed by atoms with Crippen LogP contribution in [-0.2, 0) is 13.0 Å². The highest BCUT2D eigenvalue weighted by Crippen LogP contribution is 2.19. The summed E-state index contributed by atoms with van der Waals surface area (Å²) in [5.41, 5.74) is 1.91. The minimum absolute atomic E-state index is 0.0584. The molecule has 3 heterocycles. The molecule has 1 fully saturated rings. The SMILES string of the molecule is CCN1CCC(CNC(=O)c2cnn3c2CCCC3)C1. The summed E-state index contributed by atoms with van der Waals surface area (Å²) < 4.78 is 1.99. The lowest BCUT2D eigenvalue weighted by Gasteiger charge is -2.16. The number of amides is 1. The Balaban J connectivity index is 1.56. The maximum absolute atomic E-state index is 12.3. The molecule has 0 aromatic carbocycles. The van der Waals surface area contributed by atoms with Crippen molar-refractivity contribution in [3.63, 3.8) is 0 Å². The molecule has 5 heteroatoms. The van der Waals surface area contributed by atoms with E-state index in [0.29, 0.717) is 5.92 Å². The van der Waals surface area contributed by atoms with E-state index in [4.69, 9.17) is 0 Å². The zero-order valence-electron chi connectivity index (χ0n) is 12.3. The van der Waals surface area contributed by atoms with Crippen LogP contribution in [0.4, 0.5) is 0 Å². The minimum Gasteiger partial charge on any atom is -0.352 e. The summed E-state index contributed by atoms with van der Waals surface area (Å²) in [4.78, 5) is 14.8. The van der Waals surface area contributed by atoms with Gasteiger partial charge in [0.25, 0.3) is 5.91 Å². The second-order valence-electron chi connectivity index (χ2n) is 5.94. The molecule has 0 bridgehead atoms. The highest BCUT2D eigenvalue weighted by molar-refractivity contribution is 5.95. The van der Waals surface area contributed by atoms with Crippen molar-refractivity contribution in [2.75, 3.05) is 26.2 Å². The maximum Gasteiger partial charge on any atom is 0.254 e. The van der Waals surface area contributed by atoms with Gasteiger partial charge in [-0.15, -0.1) is 0 Å². The first-order chi connectivity index (χ1) is 9.78. The van der Waals surface area contributed by atoms with Gasteiger partial charge < -0.3 is 10.2 Å². The van der Waals surface area contributed by atoms with E-state index in [2.05, 4.69) is 22.2 Å². The van der Waals surface area contributed by atoms with Crippen LogP contribution in [0.5, 0.6) is 0 Å². The molecule has 1 aromatic heterocycles. The second-order valence-corrected chi connectivity index (χ2v) is 5.94. The van der Waals surface area contributed by atoms with E-state index in [1.807, 2.05) is 4.68 Å². The molecule has 5 nitrogen and oxygen atoms in total. The summed E-state index contributed by atoms with van der Waals surface area (Å²) in [5.74, 6) is 0.661. The van der Waals surface area contributed by atoms with Crippen LogP contribution in [0, 0.1) is 5.92 Å². The lowest BCUT2D eigenvalue weighted by atomic mass is 10.1. The number of aromatic nitrogens is 2. The Morgan fingerprint density at radius 1 is 1.45 bits per heavy atom. The predicted molar refractivity (Wildman–Crippen MR) is 77.7 cm³/mol. The molecule has 2 aliphatic rings. The highest BCUT2D eigenvalue weighted by Gasteiger charge is 2.23. The summed E-state index contributed by atoms with van der Waals surface area (Å²) in [6, 6.07) is 0. The summed E-state index contributed by atoms with van der Waals surface area (Å²) in [7, 11) is 0. The van der Waals surface area contributed by atoms with Crippen LogP contribution in [0.3, 0.4) is 0 Å². The Bertz CT molecular complexity index is 482. The molecule has 1 saturated heterocycles. The van der Waals surface area contributed by atoms with E-state index in [1.54, 1.807) is 6.20 Å². The van der Waals surface area contributed by atoms with Gasteiger partial charge in [-0.25, -0.2) is 0 Å². The average Bonchev–Trinajstić information content (AvgIpc) is 3.11. The van der Waals surface area contributed by atoms with Gasteiger partial charge in [0.05, 0.1) is 17.5 Å². The molecule has 0 spiro atoms. The van der Waals surface area contributed by atoms with Crippen LogP contribution < -0.4 is 5.32 Å². The van der Waals surface area contributed by atoms with Crippen molar-refractivity contribution in [2.45, 2.75) is 39.2 Å². The Hall–Kier alpha value is -1.36. The number of aryl methyl sites for hydroxylation is 1. The number of hydrogen-bond acceptors (Lipinski definition) is 3. The fourth-order valence-corrected chi connectivity index (χ4v) is 3.31. The number of hydrogen-bond donors (Lipinski definition) is 1. The molecule has 1 atom stereocenters. The van der Waals surface area contributed by atoms with Crippen molar-refractivity contribution in [3.05, 3.63) is 17.5 Å². The van der Waals surface area contributed by atoms with E-state index in [-0.39, 0.29) is 5.91 Å². The summed E-state index contributed by atoms with van der Waals surface area (Å²) in [6.07, 6.45) is 6.25.